The molecule has 3 aromatic rings. The largest absolute Gasteiger partial charge is 0.478 e. The van der Waals surface area contributed by atoms with Gasteiger partial charge in [-0.2, -0.15) is 0 Å². The van der Waals surface area contributed by atoms with E-state index in [0.717, 1.165) is 6.07 Å². The Morgan fingerprint density at radius 2 is 1.64 bits per heavy atom. The number of carboxylic acid groups (broad SMARTS) is 1. The minimum absolute atomic E-state index is 0.0973. The zero-order chi connectivity index (χ0) is 18.0. The van der Waals surface area contributed by atoms with Crippen LogP contribution in [0.3, 0.4) is 0 Å². The summed E-state index contributed by atoms with van der Waals surface area (Å²) in [4.78, 5) is 11.1. The van der Waals surface area contributed by atoms with E-state index in [1.165, 1.54) is 30.3 Å². The van der Waals surface area contributed by atoms with Crippen molar-refractivity contribution in [1.82, 2.24) is 0 Å². The van der Waals surface area contributed by atoms with Crippen LogP contribution in [0.15, 0.2) is 60.7 Å². The zero-order valence-corrected chi connectivity index (χ0v) is 13.0. The van der Waals surface area contributed by atoms with Crippen LogP contribution in [-0.4, -0.2) is 11.1 Å². The lowest BCUT2D eigenvalue weighted by Gasteiger charge is -2.12. The third kappa shape index (κ3) is 3.74. The van der Waals surface area contributed by atoms with E-state index in [1.54, 1.807) is 24.3 Å². The fraction of sp³-hybridized carbons (Fsp3) is 0. The second kappa shape index (κ2) is 6.60. The molecule has 0 aliphatic heterocycles. The minimum Gasteiger partial charge on any atom is -0.478 e. The summed E-state index contributed by atoms with van der Waals surface area (Å²) in [5, 5.41) is 12.1. The smallest absolute Gasteiger partial charge is 0.335 e. The number of nitrogens with one attached hydrogen (secondary N) is 1. The number of benzene rings is 3. The van der Waals surface area contributed by atoms with E-state index in [2.05, 4.69) is 5.32 Å². The number of hydrogen-bond donors (Lipinski definition) is 3. The molecule has 0 fully saturated rings. The van der Waals surface area contributed by atoms with Crippen molar-refractivity contribution < 1.29 is 18.7 Å². The van der Waals surface area contributed by atoms with Gasteiger partial charge in [0.05, 0.1) is 16.9 Å². The van der Waals surface area contributed by atoms with Crippen LogP contribution in [0.4, 0.5) is 25.8 Å². The number of nitrogen functional groups attached to an aromatic ring is 1. The molecule has 3 aromatic carbocycles. The Balaban J connectivity index is 1.95. The molecule has 0 spiro atoms. The average molecular weight is 340 g/mol. The van der Waals surface area contributed by atoms with Crippen molar-refractivity contribution in [2.75, 3.05) is 11.1 Å². The van der Waals surface area contributed by atoms with Crippen molar-refractivity contribution in [3.05, 3.63) is 77.9 Å². The SMILES string of the molecule is Nc1ccc(C(=O)O)cc1Nc1cccc(-c2cc(F)cc(F)c2)c1. The van der Waals surface area contributed by atoms with Gasteiger partial charge in [-0.15, -0.1) is 0 Å². The Kier molecular flexibility index (Phi) is 4.35. The molecule has 0 unspecified atom stereocenters. The van der Waals surface area contributed by atoms with Crippen molar-refractivity contribution in [2.24, 2.45) is 0 Å². The van der Waals surface area contributed by atoms with Gasteiger partial charge < -0.3 is 16.2 Å². The molecular weight excluding hydrogens is 326 g/mol. The minimum atomic E-state index is -1.06. The van der Waals surface area contributed by atoms with E-state index in [0.29, 0.717) is 28.2 Å². The molecule has 0 radical (unpaired) electrons. The highest BCUT2D eigenvalue weighted by Gasteiger charge is 2.08. The molecule has 3 rings (SSSR count). The summed E-state index contributed by atoms with van der Waals surface area (Å²) < 4.78 is 26.8. The number of nitrogens with two attached hydrogens (primary N) is 1. The van der Waals surface area contributed by atoms with E-state index < -0.39 is 17.6 Å². The third-order valence-electron chi connectivity index (χ3n) is 3.64. The number of carbonyl (C=O) groups is 1. The van der Waals surface area contributed by atoms with Crippen LogP contribution in [0.2, 0.25) is 0 Å². The molecule has 0 aliphatic carbocycles. The van der Waals surface area contributed by atoms with E-state index in [1.807, 2.05) is 0 Å². The lowest BCUT2D eigenvalue weighted by molar-refractivity contribution is 0.0697. The third-order valence-corrected chi connectivity index (χ3v) is 3.64. The molecule has 126 valence electrons. The Hall–Kier alpha value is -3.41. The number of halogens is 2. The lowest BCUT2D eigenvalue weighted by Crippen LogP contribution is -2.01. The number of rotatable bonds is 4. The first kappa shape index (κ1) is 16.4. The summed E-state index contributed by atoms with van der Waals surface area (Å²) in [5.41, 5.74) is 8.40. The van der Waals surface area contributed by atoms with Crippen LogP contribution in [0.1, 0.15) is 10.4 Å². The topological polar surface area (TPSA) is 75.4 Å². The van der Waals surface area contributed by atoms with Crippen molar-refractivity contribution in [1.29, 1.82) is 0 Å². The van der Waals surface area contributed by atoms with Gasteiger partial charge >= 0.3 is 5.97 Å². The predicted octanol–water partition coefficient (Wildman–Crippen LogP) is 4.66. The molecule has 25 heavy (non-hydrogen) atoms. The van der Waals surface area contributed by atoms with Crippen LogP contribution in [-0.2, 0) is 0 Å². The quantitative estimate of drug-likeness (QED) is 0.604. The molecule has 0 saturated heterocycles. The maximum absolute atomic E-state index is 13.4. The maximum atomic E-state index is 13.4. The highest BCUT2D eigenvalue weighted by Crippen LogP contribution is 2.28. The normalized spacial score (nSPS) is 10.5. The van der Waals surface area contributed by atoms with Crippen LogP contribution in [0, 0.1) is 11.6 Å². The molecule has 0 amide bonds. The van der Waals surface area contributed by atoms with E-state index in [-0.39, 0.29) is 5.56 Å². The van der Waals surface area contributed by atoms with Crippen molar-refractivity contribution >= 4 is 23.0 Å². The zero-order valence-electron chi connectivity index (χ0n) is 13.0. The number of anilines is 3. The first-order valence-electron chi connectivity index (χ1n) is 7.39. The number of carboxylic acids is 1. The van der Waals surface area contributed by atoms with E-state index in [9.17, 15) is 13.6 Å². The molecule has 0 bridgehead atoms. The fourth-order valence-electron chi connectivity index (χ4n) is 2.45. The second-order valence-corrected chi connectivity index (χ2v) is 5.47. The first-order chi connectivity index (χ1) is 11.9. The van der Waals surface area contributed by atoms with Crippen molar-refractivity contribution in [3.8, 4) is 11.1 Å². The molecule has 6 heteroatoms. The van der Waals surface area contributed by atoms with Gasteiger partial charge in [-0.25, -0.2) is 13.6 Å². The maximum Gasteiger partial charge on any atom is 0.335 e. The highest BCUT2D eigenvalue weighted by atomic mass is 19.1. The second-order valence-electron chi connectivity index (χ2n) is 5.47. The lowest BCUT2D eigenvalue weighted by atomic mass is 10.0. The summed E-state index contributed by atoms with van der Waals surface area (Å²) in [6, 6.07) is 14.5. The predicted molar refractivity (Wildman–Crippen MR) is 92.9 cm³/mol. The Bertz CT molecular complexity index is 938. The van der Waals surface area contributed by atoms with E-state index >= 15 is 0 Å². The molecule has 0 heterocycles. The summed E-state index contributed by atoms with van der Waals surface area (Å²) >= 11 is 0. The van der Waals surface area contributed by atoms with E-state index in [4.69, 9.17) is 10.8 Å². The summed E-state index contributed by atoms with van der Waals surface area (Å²) in [5.74, 6) is -2.38. The summed E-state index contributed by atoms with van der Waals surface area (Å²) in [6.45, 7) is 0. The number of hydrogen-bond acceptors (Lipinski definition) is 3. The Labute approximate surface area is 142 Å². The standard InChI is InChI=1S/C19H14F2N2O2/c20-14-6-13(7-15(21)10-14)11-2-1-3-16(8-11)23-18-9-12(19(24)25)4-5-17(18)22/h1-10,23H,22H2,(H,24,25). The molecule has 0 saturated carbocycles. The van der Waals surface area contributed by atoms with Gasteiger partial charge in [0.15, 0.2) is 0 Å². The molecule has 0 aromatic heterocycles. The Morgan fingerprint density at radius 1 is 0.920 bits per heavy atom. The molecule has 4 N–H and O–H groups in total. The van der Waals surface area contributed by atoms with Crippen LogP contribution < -0.4 is 11.1 Å². The first-order valence-corrected chi connectivity index (χ1v) is 7.39. The molecule has 4 nitrogen and oxygen atoms in total. The van der Waals surface area contributed by atoms with Gasteiger partial charge in [-0.05, 0) is 53.6 Å². The Morgan fingerprint density at radius 3 is 2.32 bits per heavy atom. The molecule has 0 aliphatic rings. The van der Waals surface area contributed by atoms with Gasteiger partial charge in [-0.1, -0.05) is 12.1 Å². The van der Waals surface area contributed by atoms with Gasteiger partial charge in [0.25, 0.3) is 0 Å². The van der Waals surface area contributed by atoms with Crippen LogP contribution in [0.25, 0.3) is 11.1 Å². The highest BCUT2D eigenvalue weighted by molar-refractivity contribution is 5.91. The van der Waals surface area contributed by atoms with Crippen LogP contribution in [0.5, 0.6) is 0 Å². The van der Waals surface area contributed by atoms with Gasteiger partial charge in [0.1, 0.15) is 11.6 Å². The van der Waals surface area contributed by atoms with Crippen LogP contribution >= 0.6 is 0 Å². The van der Waals surface area contributed by atoms with Gasteiger partial charge in [-0.3, -0.25) is 0 Å². The van der Waals surface area contributed by atoms with Gasteiger partial charge in [0, 0.05) is 11.8 Å². The number of aromatic carboxylic acids is 1. The average Bonchev–Trinajstić information content (AvgIpc) is 2.56. The summed E-state index contributed by atoms with van der Waals surface area (Å²) in [6.07, 6.45) is 0. The van der Waals surface area contributed by atoms with Crippen molar-refractivity contribution in [2.45, 2.75) is 0 Å². The van der Waals surface area contributed by atoms with Gasteiger partial charge in [0.2, 0.25) is 0 Å². The monoisotopic (exact) mass is 340 g/mol. The fourth-order valence-corrected chi connectivity index (χ4v) is 2.45. The summed E-state index contributed by atoms with van der Waals surface area (Å²) in [7, 11) is 0. The van der Waals surface area contributed by atoms with Crippen molar-refractivity contribution in [3.63, 3.8) is 0 Å². The molecule has 0 atom stereocenters. The molecular formula is C19H14F2N2O2.